The van der Waals surface area contributed by atoms with Crippen molar-refractivity contribution in [3.8, 4) is 0 Å². The first-order valence-corrected chi connectivity index (χ1v) is 7.36. The van der Waals surface area contributed by atoms with Gasteiger partial charge in [-0.25, -0.2) is 17.6 Å². The summed E-state index contributed by atoms with van der Waals surface area (Å²) in [4.78, 5) is 0. The van der Waals surface area contributed by atoms with Crippen LogP contribution in [0.2, 0.25) is 0 Å². The van der Waals surface area contributed by atoms with E-state index in [0.29, 0.717) is 0 Å². The third-order valence-corrected chi connectivity index (χ3v) is 3.94. The van der Waals surface area contributed by atoms with Crippen molar-refractivity contribution in [3.05, 3.63) is 70.8 Å². The highest BCUT2D eigenvalue weighted by atomic mass is 19.2. The molecule has 2 atom stereocenters. The summed E-state index contributed by atoms with van der Waals surface area (Å²) in [5, 5.41) is 0. The predicted molar refractivity (Wildman–Crippen MR) is 82.0 cm³/mol. The van der Waals surface area contributed by atoms with Gasteiger partial charge in [-0.2, -0.15) is 0 Å². The van der Waals surface area contributed by atoms with Gasteiger partial charge in [-0.15, -0.1) is 0 Å². The van der Waals surface area contributed by atoms with E-state index in [4.69, 9.17) is 9.47 Å². The summed E-state index contributed by atoms with van der Waals surface area (Å²) in [6, 6.07) is 7.53. The zero-order valence-electron chi connectivity index (χ0n) is 13.4. The van der Waals surface area contributed by atoms with Crippen molar-refractivity contribution in [2.45, 2.75) is 11.8 Å². The summed E-state index contributed by atoms with van der Waals surface area (Å²) in [6.07, 6.45) is 0. The molecule has 0 spiro atoms. The number of halogens is 4. The van der Waals surface area contributed by atoms with Crippen LogP contribution in [0.4, 0.5) is 17.6 Å². The lowest BCUT2D eigenvalue weighted by Crippen LogP contribution is -2.23. The second kappa shape index (κ2) is 8.26. The molecule has 0 aliphatic carbocycles. The molecule has 0 heterocycles. The van der Waals surface area contributed by atoms with E-state index >= 15 is 0 Å². The quantitative estimate of drug-likeness (QED) is 0.694. The molecule has 0 aromatic heterocycles. The Hall–Kier alpha value is -1.92. The van der Waals surface area contributed by atoms with Gasteiger partial charge in [0.25, 0.3) is 0 Å². The Morgan fingerprint density at radius 3 is 1.42 bits per heavy atom. The van der Waals surface area contributed by atoms with Gasteiger partial charge in [-0.1, -0.05) is 24.3 Å². The topological polar surface area (TPSA) is 18.5 Å². The molecular weight excluding hydrogens is 324 g/mol. The monoisotopic (exact) mass is 342 g/mol. The van der Waals surface area contributed by atoms with Gasteiger partial charge in [0.15, 0.2) is 23.3 Å². The van der Waals surface area contributed by atoms with E-state index in [-0.39, 0.29) is 24.3 Å². The van der Waals surface area contributed by atoms with E-state index in [1.807, 2.05) is 0 Å². The molecule has 0 aliphatic rings. The molecule has 0 N–H and O–H groups in total. The van der Waals surface area contributed by atoms with Crippen LogP contribution in [0.5, 0.6) is 0 Å². The van der Waals surface area contributed by atoms with Crippen LogP contribution < -0.4 is 0 Å². The predicted octanol–water partition coefficient (Wildman–Crippen LogP) is 4.40. The summed E-state index contributed by atoms with van der Waals surface area (Å²) in [5.74, 6) is -5.58. The SMILES string of the molecule is COCC(c1cccc(F)c1F)C(COC)c1cccc(F)c1F. The fraction of sp³-hybridized carbons (Fsp3) is 0.333. The molecule has 2 nitrogen and oxygen atoms in total. The van der Waals surface area contributed by atoms with Crippen molar-refractivity contribution in [1.82, 2.24) is 0 Å². The molecule has 0 bridgehead atoms. The van der Waals surface area contributed by atoms with Crippen LogP contribution in [0.3, 0.4) is 0 Å². The Balaban J connectivity index is 2.55. The third-order valence-electron chi connectivity index (χ3n) is 3.94. The van der Waals surface area contributed by atoms with Gasteiger partial charge in [0.2, 0.25) is 0 Å². The maximum atomic E-state index is 14.2. The molecule has 0 radical (unpaired) electrons. The molecule has 2 aromatic carbocycles. The van der Waals surface area contributed by atoms with E-state index in [1.54, 1.807) is 0 Å². The Kier molecular flexibility index (Phi) is 6.34. The van der Waals surface area contributed by atoms with Gasteiger partial charge < -0.3 is 9.47 Å². The smallest absolute Gasteiger partial charge is 0.162 e. The largest absolute Gasteiger partial charge is 0.384 e. The van der Waals surface area contributed by atoms with Crippen molar-refractivity contribution < 1.29 is 27.0 Å². The van der Waals surface area contributed by atoms with Crippen LogP contribution in [0, 0.1) is 23.3 Å². The van der Waals surface area contributed by atoms with E-state index in [2.05, 4.69) is 0 Å². The zero-order chi connectivity index (χ0) is 17.7. The number of methoxy groups -OCH3 is 2. The summed E-state index contributed by atoms with van der Waals surface area (Å²) >= 11 is 0. The zero-order valence-corrected chi connectivity index (χ0v) is 13.4. The number of ether oxygens (including phenoxy) is 2. The van der Waals surface area contributed by atoms with Gasteiger partial charge in [0.1, 0.15) is 0 Å². The van der Waals surface area contributed by atoms with Crippen molar-refractivity contribution in [2.75, 3.05) is 27.4 Å². The number of benzene rings is 2. The average Bonchev–Trinajstić information content (AvgIpc) is 2.57. The Labute approximate surface area is 138 Å². The first kappa shape index (κ1) is 18.4. The van der Waals surface area contributed by atoms with Crippen LogP contribution in [-0.2, 0) is 9.47 Å². The number of hydrogen-bond acceptors (Lipinski definition) is 2. The molecule has 0 aliphatic heterocycles. The van der Waals surface area contributed by atoms with Gasteiger partial charge in [0, 0.05) is 26.1 Å². The average molecular weight is 342 g/mol. The minimum absolute atomic E-state index is 0.00957. The van der Waals surface area contributed by atoms with E-state index in [1.165, 1.54) is 38.5 Å². The molecule has 24 heavy (non-hydrogen) atoms. The fourth-order valence-electron chi connectivity index (χ4n) is 2.82. The maximum Gasteiger partial charge on any atom is 0.162 e. The second-order valence-corrected chi connectivity index (χ2v) is 5.41. The van der Waals surface area contributed by atoms with Crippen LogP contribution >= 0.6 is 0 Å². The van der Waals surface area contributed by atoms with Gasteiger partial charge in [-0.05, 0) is 23.3 Å². The van der Waals surface area contributed by atoms with Crippen molar-refractivity contribution in [3.63, 3.8) is 0 Å². The molecule has 0 amide bonds. The Morgan fingerprint density at radius 1 is 0.708 bits per heavy atom. The fourth-order valence-corrected chi connectivity index (χ4v) is 2.82. The lowest BCUT2D eigenvalue weighted by atomic mass is 9.81. The summed E-state index contributed by atoms with van der Waals surface area (Å²) in [6.45, 7) is -0.0191. The summed E-state index contributed by atoms with van der Waals surface area (Å²) in [7, 11) is 2.80. The van der Waals surface area contributed by atoms with Crippen molar-refractivity contribution in [2.24, 2.45) is 0 Å². The van der Waals surface area contributed by atoms with E-state index in [0.717, 1.165) is 12.1 Å². The van der Waals surface area contributed by atoms with Crippen molar-refractivity contribution in [1.29, 1.82) is 0 Å². The molecular formula is C18H18F4O2. The van der Waals surface area contributed by atoms with Gasteiger partial charge >= 0.3 is 0 Å². The standard InChI is InChI=1S/C18H18F4O2/c1-23-9-13(11-5-3-7-15(19)17(11)21)14(10-24-2)12-6-4-8-16(20)18(12)22/h3-8,13-14H,9-10H2,1-2H3. The highest BCUT2D eigenvalue weighted by Crippen LogP contribution is 2.37. The molecule has 2 aromatic rings. The minimum Gasteiger partial charge on any atom is -0.384 e. The number of rotatable bonds is 7. The molecule has 130 valence electrons. The summed E-state index contributed by atoms with van der Waals surface area (Å²) < 4.78 is 65.9. The third kappa shape index (κ3) is 3.76. The van der Waals surface area contributed by atoms with Gasteiger partial charge in [0.05, 0.1) is 13.2 Å². The molecule has 2 unspecified atom stereocenters. The molecule has 6 heteroatoms. The Morgan fingerprint density at radius 2 is 1.08 bits per heavy atom. The molecule has 0 saturated carbocycles. The first-order chi connectivity index (χ1) is 11.5. The number of hydrogen-bond donors (Lipinski definition) is 0. The Bertz CT molecular complexity index is 631. The van der Waals surface area contributed by atoms with Crippen LogP contribution in [0.1, 0.15) is 23.0 Å². The van der Waals surface area contributed by atoms with Gasteiger partial charge in [-0.3, -0.25) is 0 Å². The van der Waals surface area contributed by atoms with E-state index in [9.17, 15) is 17.6 Å². The lowest BCUT2D eigenvalue weighted by molar-refractivity contribution is 0.124. The van der Waals surface area contributed by atoms with Crippen LogP contribution in [-0.4, -0.2) is 27.4 Å². The van der Waals surface area contributed by atoms with Crippen LogP contribution in [0.15, 0.2) is 36.4 Å². The summed E-state index contributed by atoms with van der Waals surface area (Å²) in [5.41, 5.74) is 0.0603. The highest BCUT2D eigenvalue weighted by molar-refractivity contribution is 5.32. The highest BCUT2D eigenvalue weighted by Gasteiger charge is 2.31. The van der Waals surface area contributed by atoms with E-state index < -0.39 is 35.1 Å². The van der Waals surface area contributed by atoms with Crippen LogP contribution in [0.25, 0.3) is 0 Å². The second-order valence-electron chi connectivity index (χ2n) is 5.41. The maximum absolute atomic E-state index is 14.2. The first-order valence-electron chi connectivity index (χ1n) is 7.36. The van der Waals surface area contributed by atoms with Crippen molar-refractivity contribution >= 4 is 0 Å². The molecule has 0 fully saturated rings. The lowest BCUT2D eigenvalue weighted by Gasteiger charge is -2.28. The normalized spacial score (nSPS) is 13.8. The molecule has 2 rings (SSSR count). The minimum atomic E-state index is -1.03. The molecule has 0 saturated heterocycles.